The minimum atomic E-state index is 0.0763. The van der Waals surface area contributed by atoms with Crippen molar-refractivity contribution in [2.45, 2.75) is 32.5 Å². The molecule has 2 aromatic rings. The van der Waals surface area contributed by atoms with E-state index >= 15 is 0 Å². The monoisotopic (exact) mass is 333 g/mol. The van der Waals surface area contributed by atoms with Crippen LogP contribution in [0.2, 0.25) is 0 Å². The lowest BCUT2D eigenvalue weighted by Gasteiger charge is -2.34. The van der Waals surface area contributed by atoms with E-state index in [1.54, 1.807) is 11.3 Å². The number of carbonyl (C=O) groups is 1. The molecular formula is C17H23N3O2S. The molecule has 23 heavy (non-hydrogen) atoms. The summed E-state index contributed by atoms with van der Waals surface area (Å²) in [5, 5.41) is 4.07. The fourth-order valence-corrected chi connectivity index (χ4v) is 3.98. The molecule has 1 N–H and O–H groups in total. The number of morpholine rings is 1. The van der Waals surface area contributed by atoms with Crippen LogP contribution in [0.25, 0.3) is 10.2 Å². The molecule has 3 rings (SSSR count). The van der Waals surface area contributed by atoms with E-state index in [4.69, 9.17) is 4.74 Å². The van der Waals surface area contributed by atoms with E-state index in [2.05, 4.69) is 21.3 Å². The van der Waals surface area contributed by atoms with Crippen molar-refractivity contribution in [1.29, 1.82) is 0 Å². The Hall–Kier alpha value is -1.50. The number of thiazole rings is 1. The molecule has 1 saturated heterocycles. The number of ether oxygens (including phenoxy) is 1. The van der Waals surface area contributed by atoms with E-state index in [1.807, 2.05) is 32.0 Å². The molecule has 0 spiro atoms. The van der Waals surface area contributed by atoms with Gasteiger partial charge in [-0.25, -0.2) is 4.98 Å². The third kappa shape index (κ3) is 4.50. The van der Waals surface area contributed by atoms with Gasteiger partial charge in [0.05, 0.1) is 34.0 Å². The second kappa shape index (κ2) is 7.38. The van der Waals surface area contributed by atoms with Gasteiger partial charge in [0.1, 0.15) is 0 Å². The van der Waals surface area contributed by atoms with E-state index in [9.17, 15) is 4.79 Å². The molecule has 124 valence electrons. The predicted octanol–water partition coefficient (Wildman–Crippen LogP) is 2.06. The van der Waals surface area contributed by atoms with Gasteiger partial charge < -0.3 is 10.1 Å². The molecule has 1 aliphatic heterocycles. The Labute approximate surface area is 140 Å². The minimum Gasteiger partial charge on any atom is -0.373 e. The van der Waals surface area contributed by atoms with Crippen molar-refractivity contribution in [2.75, 3.05) is 26.2 Å². The summed E-state index contributed by atoms with van der Waals surface area (Å²) in [5.74, 6) is 0.0763. The van der Waals surface area contributed by atoms with Gasteiger partial charge >= 0.3 is 0 Å². The van der Waals surface area contributed by atoms with Crippen molar-refractivity contribution < 1.29 is 9.53 Å². The van der Waals surface area contributed by atoms with Crippen molar-refractivity contribution in [2.24, 2.45) is 0 Å². The van der Waals surface area contributed by atoms with Gasteiger partial charge in [0.25, 0.3) is 0 Å². The molecule has 5 nitrogen and oxygen atoms in total. The number of fused-ring (bicyclic) bond motifs is 1. The van der Waals surface area contributed by atoms with E-state index in [0.29, 0.717) is 13.1 Å². The first-order valence-electron chi connectivity index (χ1n) is 8.09. The number of hydrogen-bond donors (Lipinski definition) is 1. The summed E-state index contributed by atoms with van der Waals surface area (Å²) < 4.78 is 6.88. The molecule has 0 saturated carbocycles. The fourth-order valence-electron chi connectivity index (χ4n) is 3.01. The Morgan fingerprint density at radius 1 is 1.35 bits per heavy atom. The Balaban J connectivity index is 1.44. The number of carbonyl (C=O) groups excluding carboxylic acids is 1. The van der Waals surface area contributed by atoms with Gasteiger partial charge in [0, 0.05) is 26.1 Å². The number of amides is 1. The van der Waals surface area contributed by atoms with Crippen LogP contribution in [0.4, 0.5) is 0 Å². The smallest absolute Gasteiger partial charge is 0.234 e. The van der Waals surface area contributed by atoms with Crippen molar-refractivity contribution in [3.63, 3.8) is 0 Å². The van der Waals surface area contributed by atoms with Gasteiger partial charge in [-0.05, 0) is 26.0 Å². The zero-order chi connectivity index (χ0) is 16.2. The van der Waals surface area contributed by atoms with E-state index in [1.165, 1.54) is 4.70 Å². The Morgan fingerprint density at radius 3 is 2.83 bits per heavy atom. The Bertz CT molecular complexity index is 630. The Kier molecular flexibility index (Phi) is 5.25. The predicted molar refractivity (Wildman–Crippen MR) is 92.8 cm³/mol. The topological polar surface area (TPSA) is 54.5 Å². The van der Waals surface area contributed by atoms with E-state index in [-0.39, 0.29) is 18.1 Å². The third-order valence-electron chi connectivity index (χ3n) is 3.86. The van der Waals surface area contributed by atoms with Crippen LogP contribution in [-0.4, -0.2) is 54.2 Å². The van der Waals surface area contributed by atoms with Crippen molar-refractivity contribution in [3.8, 4) is 0 Å². The van der Waals surface area contributed by atoms with Gasteiger partial charge in [0.15, 0.2) is 0 Å². The molecule has 1 fully saturated rings. The highest BCUT2D eigenvalue weighted by atomic mass is 32.1. The highest BCUT2D eigenvalue weighted by Gasteiger charge is 2.23. The molecule has 1 amide bonds. The first-order valence-corrected chi connectivity index (χ1v) is 8.91. The average Bonchev–Trinajstić information content (AvgIpc) is 2.88. The number of nitrogens with zero attached hydrogens (tertiary/aromatic N) is 2. The number of aromatic nitrogens is 1. The molecule has 1 aromatic carbocycles. The van der Waals surface area contributed by atoms with E-state index in [0.717, 1.165) is 30.0 Å². The van der Waals surface area contributed by atoms with Gasteiger partial charge in [-0.1, -0.05) is 12.1 Å². The van der Waals surface area contributed by atoms with Gasteiger partial charge in [-0.2, -0.15) is 0 Å². The highest BCUT2D eigenvalue weighted by molar-refractivity contribution is 7.18. The molecule has 6 heteroatoms. The van der Waals surface area contributed by atoms with Crippen molar-refractivity contribution in [3.05, 3.63) is 29.3 Å². The van der Waals surface area contributed by atoms with Gasteiger partial charge in [0.2, 0.25) is 5.91 Å². The number of nitrogens with one attached hydrogen (secondary N) is 1. The second-order valence-electron chi connectivity index (χ2n) is 6.13. The lowest BCUT2D eigenvalue weighted by molar-refractivity contribution is -0.125. The van der Waals surface area contributed by atoms with Crippen LogP contribution in [0.3, 0.4) is 0 Å². The first-order chi connectivity index (χ1) is 11.1. The molecule has 1 aromatic heterocycles. The normalized spacial score (nSPS) is 22.3. The number of rotatable bonds is 5. The van der Waals surface area contributed by atoms with Gasteiger partial charge in [-0.3, -0.25) is 9.69 Å². The third-order valence-corrected chi connectivity index (χ3v) is 4.96. The molecule has 1 aliphatic rings. The molecule has 0 aliphatic carbocycles. The maximum atomic E-state index is 12.1. The molecular weight excluding hydrogens is 310 g/mol. The molecule has 0 radical (unpaired) electrons. The standard InChI is InChI=1S/C17H23N3O2S/c1-12-9-20(10-13(2)22-12)11-16(21)18-8-7-17-19-14-5-3-4-6-15(14)23-17/h3-6,12-13H,7-11H2,1-2H3,(H,18,21)/t12-,13-/m1/s1. The number of para-hydroxylation sites is 1. The summed E-state index contributed by atoms with van der Waals surface area (Å²) in [7, 11) is 0. The van der Waals surface area contributed by atoms with Crippen molar-refractivity contribution in [1.82, 2.24) is 15.2 Å². The van der Waals surface area contributed by atoms with Crippen molar-refractivity contribution >= 4 is 27.5 Å². The largest absolute Gasteiger partial charge is 0.373 e. The van der Waals surface area contributed by atoms with Crippen LogP contribution in [-0.2, 0) is 16.0 Å². The first kappa shape index (κ1) is 16.4. The summed E-state index contributed by atoms with van der Waals surface area (Å²) in [6.07, 6.45) is 1.16. The second-order valence-corrected chi connectivity index (χ2v) is 7.24. The quantitative estimate of drug-likeness (QED) is 0.910. The Morgan fingerprint density at radius 2 is 2.09 bits per heavy atom. The summed E-state index contributed by atoms with van der Waals surface area (Å²) in [5.41, 5.74) is 1.04. The van der Waals surface area contributed by atoms with Crippen LogP contribution >= 0.6 is 11.3 Å². The highest BCUT2D eigenvalue weighted by Crippen LogP contribution is 2.21. The lowest BCUT2D eigenvalue weighted by atomic mass is 10.2. The zero-order valence-corrected chi connectivity index (χ0v) is 14.4. The maximum absolute atomic E-state index is 12.1. The number of hydrogen-bond acceptors (Lipinski definition) is 5. The fraction of sp³-hybridized carbons (Fsp3) is 0.529. The molecule has 2 heterocycles. The molecule has 2 atom stereocenters. The average molecular weight is 333 g/mol. The van der Waals surface area contributed by atoms with Gasteiger partial charge in [-0.15, -0.1) is 11.3 Å². The van der Waals surface area contributed by atoms with Crippen LogP contribution in [0.5, 0.6) is 0 Å². The summed E-state index contributed by atoms with van der Waals surface area (Å²) in [6.45, 7) is 6.80. The summed E-state index contributed by atoms with van der Waals surface area (Å²) in [4.78, 5) is 18.8. The molecule has 0 unspecified atom stereocenters. The van der Waals surface area contributed by atoms with Crippen LogP contribution in [0.15, 0.2) is 24.3 Å². The SMILES string of the molecule is C[C@@H]1CN(CC(=O)NCCc2nc3ccccc3s2)C[C@@H](C)O1. The van der Waals surface area contributed by atoms with Crippen LogP contribution in [0.1, 0.15) is 18.9 Å². The molecule has 0 bridgehead atoms. The summed E-state index contributed by atoms with van der Waals surface area (Å²) >= 11 is 1.70. The summed E-state index contributed by atoms with van der Waals surface area (Å²) in [6, 6.07) is 8.12. The zero-order valence-electron chi connectivity index (χ0n) is 13.6. The number of benzene rings is 1. The maximum Gasteiger partial charge on any atom is 0.234 e. The van der Waals surface area contributed by atoms with E-state index < -0.39 is 0 Å². The van der Waals surface area contributed by atoms with Crippen LogP contribution in [0, 0.1) is 0 Å². The minimum absolute atomic E-state index is 0.0763. The van der Waals surface area contributed by atoms with Crippen LogP contribution < -0.4 is 5.32 Å². The lowest BCUT2D eigenvalue weighted by Crippen LogP contribution is -2.49.